The summed E-state index contributed by atoms with van der Waals surface area (Å²) in [5, 5.41) is 0. The molecular weight excluding hydrogens is 296 g/mol. The van der Waals surface area contributed by atoms with Crippen LogP contribution in [0.4, 0.5) is 0 Å². The zero-order chi connectivity index (χ0) is 17.6. The van der Waals surface area contributed by atoms with E-state index < -0.39 is 35.2 Å². The highest BCUT2D eigenvalue weighted by atomic mass is 16.6. The summed E-state index contributed by atoms with van der Waals surface area (Å²) < 4.78 is 10.1. The second-order valence-electron chi connectivity index (χ2n) is 6.44. The number of rotatable bonds is 6. The number of hydrogen-bond donors (Lipinski definition) is 0. The van der Waals surface area contributed by atoms with Gasteiger partial charge in [0.2, 0.25) is 0 Å². The van der Waals surface area contributed by atoms with Gasteiger partial charge < -0.3 is 9.47 Å². The summed E-state index contributed by atoms with van der Waals surface area (Å²) in [5.41, 5.74) is 0.107. The van der Waals surface area contributed by atoms with Crippen LogP contribution in [0.25, 0.3) is 0 Å². The number of ether oxygens (including phenoxy) is 2. The van der Waals surface area contributed by atoms with E-state index in [9.17, 15) is 14.4 Å². The maximum absolute atomic E-state index is 12.4. The van der Waals surface area contributed by atoms with Crippen molar-refractivity contribution in [2.24, 2.45) is 11.8 Å². The fourth-order valence-electron chi connectivity index (χ4n) is 2.34. The zero-order valence-electron chi connectivity index (χ0n) is 14.3. The van der Waals surface area contributed by atoms with Crippen molar-refractivity contribution < 1.29 is 23.9 Å². The number of carbonyl (C=O) groups is 3. The number of esters is 2. The van der Waals surface area contributed by atoms with E-state index in [1.54, 1.807) is 20.8 Å². The van der Waals surface area contributed by atoms with Crippen molar-refractivity contribution in [2.75, 3.05) is 7.11 Å². The smallest absolute Gasteiger partial charge is 0.317 e. The van der Waals surface area contributed by atoms with Gasteiger partial charge in [-0.05, 0) is 39.7 Å². The molecule has 0 fully saturated rings. The van der Waals surface area contributed by atoms with Crippen LogP contribution in [0.5, 0.6) is 0 Å². The highest BCUT2D eigenvalue weighted by Gasteiger charge is 2.40. The molecule has 1 unspecified atom stereocenters. The summed E-state index contributed by atoms with van der Waals surface area (Å²) in [6, 6.07) is 9.19. The number of methoxy groups -OCH3 is 1. The predicted molar refractivity (Wildman–Crippen MR) is 85.7 cm³/mol. The molecule has 0 aliphatic carbocycles. The molecule has 0 aliphatic rings. The number of Topliss-reactive ketones (excluding diaryl/α,β-unsaturated/α-hetero) is 1. The van der Waals surface area contributed by atoms with Gasteiger partial charge in [0, 0.05) is 0 Å². The molecule has 1 rings (SSSR count). The van der Waals surface area contributed by atoms with Crippen LogP contribution in [0.15, 0.2) is 30.3 Å². The van der Waals surface area contributed by atoms with Crippen molar-refractivity contribution >= 4 is 17.7 Å². The summed E-state index contributed by atoms with van der Waals surface area (Å²) in [7, 11) is 1.24. The first-order valence-electron chi connectivity index (χ1n) is 7.50. The van der Waals surface area contributed by atoms with Crippen molar-refractivity contribution in [3.05, 3.63) is 35.9 Å². The standard InChI is InChI=1S/C18H24O5/c1-12(19)15(17(21)23-18(2,3)4)14(16(20)22-5)11-13-9-7-6-8-10-13/h6-10,14-15H,11H2,1-5H3/t14-,15?/m0/s1. The summed E-state index contributed by atoms with van der Waals surface area (Å²) >= 11 is 0. The minimum Gasteiger partial charge on any atom is -0.469 e. The van der Waals surface area contributed by atoms with Crippen LogP contribution in [0.3, 0.4) is 0 Å². The molecule has 0 saturated carbocycles. The van der Waals surface area contributed by atoms with Crippen LogP contribution in [-0.2, 0) is 30.3 Å². The predicted octanol–water partition coefficient (Wildman–Crippen LogP) is 2.57. The lowest BCUT2D eigenvalue weighted by Gasteiger charge is -2.26. The number of hydrogen-bond acceptors (Lipinski definition) is 5. The summed E-state index contributed by atoms with van der Waals surface area (Å²) in [6.45, 7) is 6.43. The van der Waals surface area contributed by atoms with E-state index in [1.165, 1.54) is 14.0 Å². The Kier molecular flexibility index (Phi) is 6.49. The lowest BCUT2D eigenvalue weighted by Crippen LogP contribution is -2.40. The monoisotopic (exact) mass is 320 g/mol. The van der Waals surface area contributed by atoms with Crippen molar-refractivity contribution in [1.82, 2.24) is 0 Å². The van der Waals surface area contributed by atoms with E-state index in [0.717, 1.165) is 5.56 Å². The first-order chi connectivity index (χ1) is 10.7. The molecule has 23 heavy (non-hydrogen) atoms. The van der Waals surface area contributed by atoms with Gasteiger partial charge in [0.05, 0.1) is 13.0 Å². The Hall–Kier alpha value is -2.17. The molecule has 0 N–H and O–H groups in total. The van der Waals surface area contributed by atoms with Gasteiger partial charge in [0.25, 0.3) is 0 Å². The van der Waals surface area contributed by atoms with Crippen molar-refractivity contribution in [1.29, 1.82) is 0 Å². The SMILES string of the molecule is COC(=O)[C@@H](Cc1ccccc1)C(C(C)=O)C(=O)OC(C)(C)C. The van der Waals surface area contributed by atoms with Gasteiger partial charge in [-0.1, -0.05) is 30.3 Å². The molecule has 0 radical (unpaired) electrons. The van der Waals surface area contributed by atoms with Crippen LogP contribution in [0.2, 0.25) is 0 Å². The van der Waals surface area contributed by atoms with E-state index in [0.29, 0.717) is 0 Å². The number of carbonyl (C=O) groups excluding carboxylic acids is 3. The highest BCUT2D eigenvalue weighted by Crippen LogP contribution is 2.24. The average Bonchev–Trinajstić information content (AvgIpc) is 2.44. The Morgan fingerprint density at radius 2 is 1.61 bits per heavy atom. The Bertz CT molecular complexity index is 557. The fourth-order valence-corrected chi connectivity index (χ4v) is 2.34. The quantitative estimate of drug-likeness (QED) is 0.595. The van der Waals surface area contributed by atoms with Crippen molar-refractivity contribution in [3.8, 4) is 0 Å². The van der Waals surface area contributed by atoms with Crippen molar-refractivity contribution in [3.63, 3.8) is 0 Å². The molecule has 0 aliphatic heterocycles. The Morgan fingerprint density at radius 3 is 2.04 bits per heavy atom. The molecule has 0 bridgehead atoms. The van der Waals surface area contributed by atoms with Crippen LogP contribution < -0.4 is 0 Å². The van der Waals surface area contributed by atoms with Crippen LogP contribution >= 0.6 is 0 Å². The van der Waals surface area contributed by atoms with Crippen LogP contribution in [-0.4, -0.2) is 30.4 Å². The molecule has 126 valence electrons. The molecule has 5 nitrogen and oxygen atoms in total. The minimum atomic E-state index is -1.18. The van der Waals surface area contributed by atoms with Gasteiger partial charge in [-0.15, -0.1) is 0 Å². The third kappa shape index (κ3) is 5.85. The van der Waals surface area contributed by atoms with Crippen LogP contribution in [0.1, 0.15) is 33.3 Å². The molecule has 5 heteroatoms. The van der Waals surface area contributed by atoms with Gasteiger partial charge in [-0.3, -0.25) is 14.4 Å². The number of benzene rings is 1. The molecule has 0 spiro atoms. The second-order valence-corrected chi connectivity index (χ2v) is 6.44. The number of ketones is 1. The van der Waals surface area contributed by atoms with Gasteiger partial charge >= 0.3 is 11.9 Å². The minimum absolute atomic E-state index is 0.233. The topological polar surface area (TPSA) is 69.7 Å². The lowest BCUT2D eigenvalue weighted by molar-refractivity contribution is -0.169. The van der Waals surface area contributed by atoms with E-state index in [1.807, 2.05) is 30.3 Å². The molecule has 1 aromatic rings. The van der Waals surface area contributed by atoms with E-state index in [2.05, 4.69) is 0 Å². The summed E-state index contributed by atoms with van der Waals surface area (Å²) in [5.74, 6) is -3.79. The molecule has 0 heterocycles. The first-order valence-corrected chi connectivity index (χ1v) is 7.50. The Labute approximate surface area is 137 Å². The third-order valence-electron chi connectivity index (χ3n) is 3.30. The van der Waals surface area contributed by atoms with Crippen LogP contribution in [0, 0.1) is 11.8 Å². The van der Waals surface area contributed by atoms with E-state index in [-0.39, 0.29) is 6.42 Å². The van der Waals surface area contributed by atoms with Gasteiger partial charge in [0.1, 0.15) is 17.3 Å². The molecule has 0 aromatic heterocycles. The fraction of sp³-hybridized carbons (Fsp3) is 0.500. The first kappa shape index (κ1) is 18.9. The average molecular weight is 320 g/mol. The lowest BCUT2D eigenvalue weighted by atomic mass is 9.84. The normalized spacial score (nSPS) is 13.8. The molecule has 0 saturated heterocycles. The molecule has 1 aromatic carbocycles. The maximum atomic E-state index is 12.4. The summed E-state index contributed by atoms with van der Waals surface area (Å²) in [4.78, 5) is 36.6. The van der Waals surface area contributed by atoms with E-state index in [4.69, 9.17) is 9.47 Å². The largest absolute Gasteiger partial charge is 0.469 e. The van der Waals surface area contributed by atoms with Gasteiger partial charge in [-0.25, -0.2) is 0 Å². The van der Waals surface area contributed by atoms with Crippen molar-refractivity contribution in [2.45, 2.75) is 39.7 Å². The third-order valence-corrected chi connectivity index (χ3v) is 3.30. The highest BCUT2D eigenvalue weighted by molar-refractivity contribution is 6.01. The Morgan fingerprint density at radius 1 is 1.04 bits per heavy atom. The Balaban J connectivity index is 3.11. The van der Waals surface area contributed by atoms with Gasteiger partial charge in [0.15, 0.2) is 0 Å². The second kappa shape index (κ2) is 7.90. The van der Waals surface area contributed by atoms with E-state index >= 15 is 0 Å². The summed E-state index contributed by atoms with van der Waals surface area (Å²) in [6.07, 6.45) is 0.233. The zero-order valence-corrected chi connectivity index (χ0v) is 14.3. The molecule has 0 amide bonds. The molecular formula is C18H24O5. The van der Waals surface area contributed by atoms with Gasteiger partial charge in [-0.2, -0.15) is 0 Å². The molecule has 2 atom stereocenters. The maximum Gasteiger partial charge on any atom is 0.317 e.